The lowest BCUT2D eigenvalue weighted by Crippen LogP contribution is -2.32. The van der Waals surface area contributed by atoms with Gasteiger partial charge in [-0.05, 0) is 35.4 Å². The van der Waals surface area contributed by atoms with Gasteiger partial charge in [0.05, 0.1) is 10.9 Å². The van der Waals surface area contributed by atoms with Gasteiger partial charge in [0.1, 0.15) is 0 Å². The molecule has 3 nitrogen and oxygen atoms in total. The number of hydrogen-bond donors (Lipinski definition) is 0. The van der Waals surface area contributed by atoms with Crippen molar-refractivity contribution in [3.63, 3.8) is 0 Å². The van der Waals surface area contributed by atoms with Crippen molar-refractivity contribution in [2.24, 2.45) is 0 Å². The first kappa shape index (κ1) is 17.9. The van der Waals surface area contributed by atoms with Gasteiger partial charge >= 0.3 is 0 Å². The first-order chi connectivity index (χ1) is 12.0. The van der Waals surface area contributed by atoms with Crippen molar-refractivity contribution in [2.45, 2.75) is 10.9 Å². The monoisotopic (exact) mass is 415 g/mol. The molecule has 0 aliphatic heterocycles. The fourth-order valence-corrected chi connectivity index (χ4v) is 4.39. The summed E-state index contributed by atoms with van der Waals surface area (Å²) < 4.78 is 28.6. The third-order valence-corrected chi connectivity index (χ3v) is 6.45. The highest BCUT2D eigenvalue weighted by atomic mass is 79.9. The highest BCUT2D eigenvalue weighted by molar-refractivity contribution is 9.10. The topological polar surface area (TPSA) is 37.4 Å². The molecule has 0 aromatic heterocycles. The Morgan fingerprint density at radius 2 is 1.20 bits per heavy atom. The van der Waals surface area contributed by atoms with E-state index in [-0.39, 0.29) is 4.90 Å². The molecule has 0 saturated carbocycles. The molecule has 0 bridgehead atoms. The number of halogens is 1. The summed E-state index contributed by atoms with van der Waals surface area (Å²) in [6.07, 6.45) is 0. The molecule has 0 amide bonds. The van der Waals surface area contributed by atoms with Gasteiger partial charge in [-0.1, -0.05) is 76.6 Å². The summed E-state index contributed by atoms with van der Waals surface area (Å²) >= 11 is 3.34. The quantitative estimate of drug-likeness (QED) is 0.596. The molecule has 0 saturated heterocycles. The molecule has 3 rings (SSSR count). The Kier molecular flexibility index (Phi) is 5.37. The standard InChI is InChI=1S/C20H18BrNO2S/c1-22(25(23,24)19-14-12-18(21)13-15-19)20(16-8-4-2-5-9-16)17-10-6-3-7-11-17/h2-15,20H,1H3. The summed E-state index contributed by atoms with van der Waals surface area (Å²) in [6.45, 7) is 0. The van der Waals surface area contributed by atoms with E-state index < -0.39 is 16.1 Å². The van der Waals surface area contributed by atoms with Crippen LogP contribution >= 0.6 is 15.9 Å². The van der Waals surface area contributed by atoms with Gasteiger partial charge in [0.2, 0.25) is 10.0 Å². The molecule has 0 fully saturated rings. The summed E-state index contributed by atoms with van der Waals surface area (Å²) in [5.74, 6) is 0. The summed E-state index contributed by atoms with van der Waals surface area (Å²) in [4.78, 5) is 0.273. The maximum atomic E-state index is 13.1. The average Bonchev–Trinajstić information content (AvgIpc) is 2.64. The molecule has 5 heteroatoms. The Morgan fingerprint density at radius 1 is 0.760 bits per heavy atom. The highest BCUT2D eigenvalue weighted by Gasteiger charge is 2.30. The molecule has 0 aliphatic rings. The molecule has 0 unspecified atom stereocenters. The van der Waals surface area contributed by atoms with Gasteiger partial charge in [0.15, 0.2) is 0 Å². The second kappa shape index (κ2) is 7.52. The van der Waals surface area contributed by atoms with E-state index in [9.17, 15) is 8.42 Å². The normalized spacial score (nSPS) is 11.8. The molecule has 0 spiro atoms. The van der Waals surface area contributed by atoms with Crippen LogP contribution < -0.4 is 0 Å². The van der Waals surface area contributed by atoms with Crippen LogP contribution in [0.2, 0.25) is 0 Å². The zero-order valence-corrected chi connectivity index (χ0v) is 16.1. The van der Waals surface area contributed by atoms with Gasteiger partial charge in [-0.2, -0.15) is 4.31 Å². The number of rotatable bonds is 5. The minimum absolute atomic E-state index is 0.273. The van der Waals surface area contributed by atoms with Crippen molar-refractivity contribution < 1.29 is 8.42 Å². The van der Waals surface area contributed by atoms with Crippen LogP contribution in [0, 0.1) is 0 Å². The lowest BCUT2D eigenvalue weighted by Gasteiger charge is -2.28. The number of sulfonamides is 1. The lowest BCUT2D eigenvalue weighted by atomic mass is 9.99. The van der Waals surface area contributed by atoms with Gasteiger partial charge in [0, 0.05) is 11.5 Å². The molecule has 128 valence electrons. The Hall–Kier alpha value is -1.95. The predicted molar refractivity (Wildman–Crippen MR) is 104 cm³/mol. The molecular weight excluding hydrogens is 398 g/mol. The second-order valence-corrected chi connectivity index (χ2v) is 8.61. The van der Waals surface area contributed by atoms with E-state index >= 15 is 0 Å². The summed E-state index contributed by atoms with van der Waals surface area (Å²) in [6, 6.07) is 25.6. The van der Waals surface area contributed by atoms with E-state index in [2.05, 4.69) is 15.9 Å². The number of benzene rings is 3. The molecule has 3 aromatic carbocycles. The van der Waals surface area contributed by atoms with Gasteiger partial charge in [-0.25, -0.2) is 8.42 Å². The molecule has 0 atom stereocenters. The zero-order valence-electron chi connectivity index (χ0n) is 13.7. The average molecular weight is 416 g/mol. The van der Waals surface area contributed by atoms with E-state index in [0.717, 1.165) is 15.6 Å². The zero-order chi connectivity index (χ0) is 17.9. The second-order valence-electron chi connectivity index (χ2n) is 5.70. The van der Waals surface area contributed by atoms with Crippen LogP contribution in [0.4, 0.5) is 0 Å². The third kappa shape index (κ3) is 3.84. The Balaban J connectivity index is 2.08. The van der Waals surface area contributed by atoms with E-state index in [1.165, 1.54) is 4.31 Å². The van der Waals surface area contributed by atoms with Crippen molar-refractivity contribution in [3.8, 4) is 0 Å². The van der Waals surface area contributed by atoms with Crippen LogP contribution in [-0.2, 0) is 10.0 Å². The van der Waals surface area contributed by atoms with E-state index in [1.54, 1.807) is 31.3 Å². The molecule has 0 radical (unpaired) electrons. The van der Waals surface area contributed by atoms with Crippen LogP contribution in [0.15, 0.2) is 94.3 Å². The molecule has 0 aliphatic carbocycles. The van der Waals surface area contributed by atoms with Crippen LogP contribution in [0.25, 0.3) is 0 Å². The minimum atomic E-state index is -3.64. The largest absolute Gasteiger partial charge is 0.243 e. The van der Waals surface area contributed by atoms with Crippen LogP contribution in [0.3, 0.4) is 0 Å². The van der Waals surface area contributed by atoms with E-state index in [4.69, 9.17) is 0 Å². The molecule has 0 heterocycles. The lowest BCUT2D eigenvalue weighted by molar-refractivity contribution is 0.418. The third-order valence-electron chi connectivity index (χ3n) is 4.08. The van der Waals surface area contributed by atoms with E-state index in [0.29, 0.717) is 0 Å². The fourth-order valence-electron chi connectivity index (χ4n) is 2.79. The van der Waals surface area contributed by atoms with Crippen molar-refractivity contribution >= 4 is 26.0 Å². The number of hydrogen-bond acceptors (Lipinski definition) is 2. The van der Waals surface area contributed by atoms with Gasteiger partial charge in [-0.15, -0.1) is 0 Å². The molecule has 0 N–H and O–H groups in total. The summed E-state index contributed by atoms with van der Waals surface area (Å²) in [5, 5.41) is 0. The predicted octanol–water partition coefficient (Wildman–Crippen LogP) is 4.86. The van der Waals surface area contributed by atoms with Crippen molar-refractivity contribution in [1.82, 2.24) is 4.31 Å². The van der Waals surface area contributed by atoms with Crippen molar-refractivity contribution in [2.75, 3.05) is 7.05 Å². The SMILES string of the molecule is CN(C(c1ccccc1)c1ccccc1)S(=O)(=O)c1ccc(Br)cc1. The first-order valence-corrected chi connectivity index (χ1v) is 10.1. The van der Waals surface area contributed by atoms with Crippen molar-refractivity contribution in [1.29, 1.82) is 0 Å². The van der Waals surface area contributed by atoms with Crippen LogP contribution in [-0.4, -0.2) is 19.8 Å². The number of nitrogens with zero attached hydrogens (tertiary/aromatic N) is 1. The summed E-state index contributed by atoms with van der Waals surface area (Å²) in [5.41, 5.74) is 1.86. The van der Waals surface area contributed by atoms with Gasteiger partial charge in [0.25, 0.3) is 0 Å². The van der Waals surface area contributed by atoms with Crippen LogP contribution in [0.1, 0.15) is 17.2 Å². The highest BCUT2D eigenvalue weighted by Crippen LogP contribution is 2.32. The Bertz CT molecular complexity index is 887. The van der Waals surface area contributed by atoms with Gasteiger partial charge in [-0.3, -0.25) is 0 Å². The van der Waals surface area contributed by atoms with Gasteiger partial charge < -0.3 is 0 Å². The molecule has 25 heavy (non-hydrogen) atoms. The Morgan fingerprint density at radius 3 is 1.64 bits per heavy atom. The summed E-state index contributed by atoms with van der Waals surface area (Å²) in [7, 11) is -2.01. The smallest absolute Gasteiger partial charge is 0.207 e. The maximum absolute atomic E-state index is 13.1. The van der Waals surface area contributed by atoms with Crippen molar-refractivity contribution in [3.05, 3.63) is 101 Å². The van der Waals surface area contributed by atoms with E-state index in [1.807, 2.05) is 60.7 Å². The van der Waals surface area contributed by atoms with Crippen LogP contribution in [0.5, 0.6) is 0 Å². The first-order valence-electron chi connectivity index (χ1n) is 7.83. The molecular formula is C20H18BrNO2S. The minimum Gasteiger partial charge on any atom is -0.207 e. The maximum Gasteiger partial charge on any atom is 0.243 e. The fraction of sp³-hybridized carbons (Fsp3) is 0.100. The Labute approximate surface area is 157 Å². The molecule has 3 aromatic rings.